The Morgan fingerprint density at radius 3 is 2.80 bits per heavy atom. The number of amides is 1. The first kappa shape index (κ1) is 12.2. The second kappa shape index (κ2) is 4.77. The number of nitrogens with one attached hydrogen (secondary N) is 2. The Morgan fingerprint density at radius 2 is 2.27 bits per heavy atom. The van der Waals surface area contributed by atoms with Crippen molar-refractivity contribution < 1.29 is 23.2 Å². The monoisotopic (exact) mass is 227 g/mol. The van der Waals surface area contributed by atoms with E-state index >= 15 is 0 Å². The van der Waals surface area contributed by atoms with Gasteiger partial charge in [0.25, 0.3) is 5.91 Å². The predicted octanol–water partition coefficient (Wildman–Crippen LogP) is -0.672. The van der Waals surface area contributed by atoms with Crippen LogP contribution in [0.4, 0.5) is 13.2 Å². The zero-order chi connectivity index (χ0) is 11.5. The number of hydrogen-bond donors (Lipinski definition) is 3. The van der Waals surface area contributed by atoms with Crippen LogP contribution in [0.25, 0.3) is 0 Å². The summed E-state index contributed by atoms with van der Waals surface area (Å²) in [5, 5.41) is 10.5. The van der Waals surface area contributed by atoms with Crippen LogP contribution in [0.5, 0.6) is 0 Å². The van der Waals surface area contributed by atoms with Crippen molar-refractivity contribution in [3.05, 3.63) is 0 Å². The molecular formula is C7H12F3N3O2. The molecule has 1 heterocycles. The molecule has 1 atom stereocenters. The van der Waals surface area contributed by atoms with Gasteiger partial charge in [0, 0.05) is 19.6 Å². The van der Waals surface area contributed by atoms with Crippen molar-refractivity contribution in [1.29, 1.82) is 0 Å². The molecule has 88 valence electrons. The van der Waals surface area contributed by atoms with E-state index in [-0.39, 0.29) is 19.6 Å². The van der Waals surface area contributed by atoms with Gasteiger partial charge in [0.1, 0.15) is 6.04 Å². The second-order valence-corrected chi connectivity index (χ2v) is 3.32. The lowest BCUT2D eigenvalue weighted by Crippen LogP contribution is -2.58. The molecule has 0 saturated carbocycles. The smallest absolute Gasteiger partial charge is 0.304 e. The van der Waals surface area contributed by atoms with E-state index in [9.17, 15) is 18.0 Å². The van der Waals surface area contributed by atoms with E-state index in [4.69, 9.17) is 5.21 Å². The van der Waals surface area contributed by atoms with Gasteiger partial charge in [-0.2, -0.15) is 13.2 Å². The molecule has 1 unspecified atom stereocenters. The predicted molar refractivity (Wildman–Crippen MR) is 44.2 cm³/mol. The van der Waals surface area contributed by atoms with E-state index in [0.717, 1.165) is 0 Å². The van der Waals surface area contributed by atoms with Crippen LogP contribution >= 0.6 is 0 Å². The highest BCUT2D eigenvalue weighted by atomic mass is 19.4. The number of rotatable bonds is 2. The quantitative estimate of drug-likeness (QED) is 0.432. The fourth-order valence-corrected chi connectivity index (χ4v) is 1.41. The first-order valence-corrected chi connectivity index (χ1v) is 4.39. The van der Waals surface area contributed by atoms with Gasteiger partial charge in [0.2, 0.25) is 0 Å². The van der Waals surface area contributed by atoms with Crippen LogP contribution in [-0.4, -0.2) is 54.4 Å². The number of carbonyl (C=O) groups excluding carboxylic acids is 1. The maximum atomic E-state index is 12.3. The highest BCUT2D eigenvalue weighted by molar-refractivity contribution is 5.76. The molecule has 1 amide bonds. The zero-order valence-electron chi connectivity index (χ0n) is 7.84. The third kappa shape index (κ3) is 3.65. The van der Waals surface area contributed by atoms with Gasteiger partial charge in [-0.3, -0.25) is 14.9 Å². The third-order valence-electron chi connectivity index (χ3n) is 2.15. The largest absolute Gasteiger partial charge is 0.405 e. The lowest BCUT2D eigenvalue weighted by Gasteiger charge is -2.33. The molecule has 1 fully saturated rings. The van der Waals surface area contributed by atoms with Gasteiger partial charge < -0.3 is 5.32 Å². The first-order valence-electron chi connectivity index (χ1n) is 4.39. The minimum absolute atomic E-state index is 0.170. The third-order valence-corrected chi connectivity index (χ3v) is 2.15. The molecule has 3 N–H and O–H groups in total. The van der Waals surface area contributed by atoms with Crippen molar-refractivity contribution in [2.45, 2.75) is 12.2 Å². The van der Waals surface area contributed by atoms with Gasteiger partial charge in [-0.25, -0.2) is 5.48 Å². The average molecular weight is 227 g/mol. The topological polar surface area (TPSA) is 64.6 Å². The molecule has 0 aliphatic carbocycles. The lowest BCUT2D eigenvalue weighted by molar-refractivity contribution is -0.166. The van der Waals surface area contributed by atoms with Gasteiger partial charge in [-0.15, -0.1) is 0 Å². The van der Waals surface area contributed by atoms with E-state index < -0.39 is 18.1 Å². The summed E-state index contributed by atoms with van der Waals surface area (Å²) in [5.41, 5.74) is 1.38. The maximum absolute atomic E-state index is 12.3. The van der Waals surface area contributed by atoms with Gasteiger partial charge in [0.15, 0.2) is 0 Å². The summed E-state index contributed by atoms with van der Waals surface area (Å²) in [6, 6.07) is -1.61. The molecule has 0 bridgehead atoms. The molecule has 0 aromatic heterocycles. The van der Waals surface area contributed by atoms with Crippen molar-refractivity contribution in [2.24, 2.45) is 0 Å². The molecular weight excluding hydrogens is 215 g/mol. The van der Waals surface area contributed by atoms with E-state index in [1.807, 2.05) is 0 Å². The molecule has 15 heavy (non-hydrogen) atoms. The Kier molecular flexibility index (Phi) is 3.89. The Hall–Kier alpha value is -0.860. The van der Waals surface area contributed by atoms with Crippen molar-refractivity contribution in [1.82, 2.24) is 15.7 Å². The molecule has 1 aliphatic heterocycles. The first-order chi connectivity index (χ1) is 6.93. The number of halogens is 3. The standard InChI is InChI=1S/C7H12F3N3O2/c8-7(9,10)5-3-13(2-1-11-5)4-6(14)12-15/h5,11,15H,1-4H2,(H,12,14). The number of nitrogens with zero attached hydrogens (tertiary/aromatic N) is 1. The Bertz CT molecular complexity index is 234. The summed E-state index contributed by atoms with van der Waals surface area (Å²) in [6.07, 6.45) is -4.31. The number of hydrogen-bond acceptors (Lipinski definition) is 4. The van der Waals surface area contributed by atoms with Gasteiger partial charge in [0.05, 0.1) is 6.54 Å². The summed E-state index contributed by atoms with van der Waals surface area (Å²) in [4.78, 5) is 12.1. The molecule has 1 rings (SSSR count). The van der Waals surface area contributed by atoms with E-state index in [1.54, 1.807) is 0 Å². The molecule has 1 aliphatic rings. The van der Waals surface area contributed by atoms with Crippen LogP contribution in [0.2, 0.25) is 0 Å². The average Bonchev–Trinajstić information content (AvgIpc) is 2.17. The Balaban J connectivity index is 2.46. The fraction of sp³-hybridized carbons (Fsp3) is 0.857. The van der Waals surface area contributed by atoms with Crippen LogP contribution < -0.4 is 10.8 Å². The second-order valence-electron chi connectivity index (χ2n) is 3.32. The number of alkyl halides is 3. The van der Waals surface area contributed by atoms with Crippen LogP contribution in [0.15, 0.2) is 0 Å². The van der Waals surface area contributed by atoms with Crippen molar-refractivity contribution in [3.8, 4) is 0 Å². The Labute approximate surface area is 84.2 Å². The molecule has 8 heteroatoms. The Morgan fingerprint density at radius 1 is 1.60 bits per heavy atom. The van der Waals surface area contributed by atoms with Gasteiger partial charge in [-0.05, 0) is 0 Å². The summed E-state index contributed by atoms with van der Waals surface area (Å²) >= 11 is 0. The van der Waals surface area contributed by atoms with Crippen molar-refractivity contribution in [2.75, 3.05) is 26.2 Å². The van der Waals surface area contributed by atoms with E-state index in [0.29, 0.717) is 6.54 Å². The molecule has 5 nitrogen and oxygen atoms in total. The van der Waals surface area contributed by atoms with Crippen LogP contribution in [0.1, 0.15) is 0 Å². The highest BCUT2D eigenvalue weighted by Gasteiger charge is 2.41. The van der Waals surface area contributed by atoms with Crippen molar-refractivity contribution >= 4 is 5.91 Å². The van der Waals surface area contributed by atoms with Gasteiger partial charge >= 0.3 is 6.18 Å². The lowest BCUT2D eigenvalue weighted by atomic mass is 10.2. The van der Waals surface area contributed by atoms with Gasteiger partial charge in [-0.1, -0.05) is 0 Å². The molecule has 0 radical (unpaired) electrons. The molecule has 0 spiro atoms. The van der Waals surface area contributed by atoms with E-state index in [2.05, 4.69) is 5.32 Å². The summed E-state index contributed by atoms with van der Waals surface area (Å²) < 4.78 is 36.9. The minimum Gasteiger partial charge on any atom is -0.304 e. The number of carbonyl (C=O) groups is 1. The molecule has 1 saturated heterocycles. The van der Waals surface area contributed by atoms with Crippen LogP contribution in [0, 0.1) is 0 Å². The highest BCUT2D eigenvalue weighted by Crippen LogP contribution is 2.22. The van der Waals surface area contributed by atoms with Crippen molar-refractivity contribution in [3.63, 3.8) is 0 Å². The number of hydroxylamine groups is 1. The maximum Gasteiger partial charge on any atom is 0.405 e. The minimum atomic E-state index is -4.31. The molecule has 0 aromatic carbocycles. The summed E-state index contributed by atoms with van der Waals surface area (Å²) in [5.74, 6) is -0.710. The van der Waals surface area contributed by atoms with E-state index in [1.165, 1.54) is 10.4 Å². The SMILES string of the molecule is O=C(CN1CCNC(C(F)(F)F)C1)NO. The summed E-state index contributed by atoms with van der Waals surface area (Å²) in [7, 11) is 0. The summed E-state index contributed by atoms with van der Waals surface area (Å²) in [6.45, 7) is 0.00453. The van der Waals surface area contributed by atoms with Crippen LogP contribution in [-0.2, 0) is 4.79 Å². The molecule has 0 aromatic rings. The van der Waals surface area contributed by atoms with Crippen LogP contribution in [0.3, 0.4) is 0 Å². The number of piperazine rings is 1. The normalized spacial score (nSPS) is 23.9. The fourth-order valence-electron chi connectivity index (χ4n) is 1.41. The zero-order valence-corrected chi connectivity index (χ0v) is 7.84.